The Kier molecular flexibility index (Phi) is 7.47. The first-order chi connectivity index (χ1) is 17.7. The smallest absolute Gasteiger partial charge is 0.343 e. The highest BCUT2D eigenvalue weighted by Crippen LogP contribution is 2.31. The molecule has 0 radical (unpaired) electrons. The number of carbonyl (C=O) groups is 4. The normalized spacial score (nSPS) is 13.1. The zero-order valence-electron chi connectivity index (χ0n) is 19.2. The van der Waals surface area contributed by atoms with Gasteiger partial charge in [-0.2, -0.15) is 0 Å². The molecule has 3 aromatic carbocycles. The van der Waals surface area contributed by atoms with Crippen LogP contribution >= 0.6 is 23.2 Å². The van der Waals surface area contributed by atoms with Crippen LogP contribution in [0.4, 0.5) is 11.4 Å². The van der Waals surface area contributed by atoms with Crippen molar-refractivity contribution in [3.05, 3.63) is 93.6 Å². The summed E-state index contributed by atoms with van der Waals surface area (Å²) in [7, 11) is 0. The monoisotopic (exact) mass is 540 g/mol. The summed E-state index contributed by atoms with van der Waals surface area (Å²) >= 11 is 11.9. The molecule has 1 heterocycles. The summed E-state index contributed by atoms with van der Waals surface area (Å²) in [6.07, 6.45) is 0. The number of halogens is 2. The first-order valence-corrected chi connectivity index (χ1v) is 11.6. The summed E-state index contributed by atoms with van der Waals surface area (Å²) < 4.78 is 10.1. The molecule has 0 unspecified atom stereocenters. The van der Waals surface area contributed by atoms with Gasteiger partial charge in [-0.05, 0) is 67.6 Å². The average molecular weight is 541 g/mol. The number of ether oxygens (including phenoxy) is 2. The molecule has 0 fully saturated rings. The number of carbonyl (C=O) groups excluding carboxylic acids is 4. The first-order valence-electron chi connectivity index (χ1n) is 10.8. The number of esters is 2. The number of amides is 2. The molecule has 4 rings (SSSR count). The van der Waals surface area contributed by atoms with Crippen molar-refractivity contribution in [3.63, 3.8) is 0 Å². The lowest BCUT2D eigenvalue weighted by Crippen LogP contribution is -2.32. The largest absolute Gasteiger partial charge is 0.506 e. The fourth-order valence-corrected chi connectivity index (χ4v) is 3.69. The van der Waals surface area contributed by atoms with Crippen LogP contribution in [0.15, 0.2) is 77.5 Å². The Morgan fingerprint density at radius 3 is 2.14 bits per heavy atom. The second kappa shape index (κ2) is 10.7. The van der Waals surface area contributed by atoms with E-state index in [2.05, 4.69) is 5.32 Å². The van der Waals surface area contributed by atoms with Gasteiger partial charge in [-0.15, -0.1) is 0 Å². The molecule has 3 aromatic rings. The van der Waals surface area contributed by atoms with E-state index in [1.54, 1.807) is 6.92 Å². The molecule has 0 atom stereocenters. The SMILES string of the molecule is CCOC(=O)c1ccc(N2C(=O)C(Cl)=C(Nc3ccc(C(=O)Oc4ccc(Cl)c(O)c4)cc3)C2=O)cc1. The zero-order chi connectivity index (χ0) is 26.7. The Labute approximate surface area is 220 Å². The summed E-state index contributed by atoms with van der Waals surface area (Å²) in [6, 6.07) is 15.7. The molecule has 0 bridgehead atoms. The maximum Gasteiger partial charge on any atom is 0.343 e. The van der Waals surface area contributed by atoms with Crippen LogP contribution in [0.5, 0.6) is 11.5 Å². The van der Waals surface area contributed by atoms with Gasteiger partial charge in [0.15, 0.2) is 0 Å². The number of nitrogens with one attached hydrogen (secondary N) is 1. The number of hydrogen-bond donors (Lipinski definition) is 2. The number of phenols is 1. The molecule has 0 aliphatic carbocycles. The molecule has 9 nitrogen and oxygen atoms in total. The van der Waals surface area contributed by atoms with E-state index in [9.17, 15) is 24.3 Å². The molecule has 0 saturated heterocycles. The number of aromatic hydroxyl groups is 1. The van der Waals surface area contributed by atoms with Crippen molar-refractivity contribution in [2.24, 2.45) is 0 Å². The number of hydrogen-bond acceptors (Lipinski definition) is 8. The van der Waals surface area contributed by atoms with Crippen molar-refractivity contribution in [1.29, 1.82) is 0 Å². The number of benzene rings is 3. The predicted octanol–water partition coefficient (Wildman–Crippen LogP) is 4.88. The van der Waals surface area contributed by atoms with Crippen molar-refractivity contribution in [1.82, 2.24) is 0 Å². The average Bonchev–Trinajstić information content (AvgIpc) is 3.10. The van der Waals surface area contributed by atoms with Crippen molar-refractivity contribution < 1.29 is 33.8 Å². The van der Waals surface area contributed by atoms with Crippen LogP contribution < -0.4 is 15.0 Å². The molecule has 188 valence electrons. The lowest BCUT2D eigenvalue weighted by Gasteiger charge is -2.15. The van der Waals surface area contributed by atoms with Crippen LogP contribution in [0, 0.1) is 0 Å². The molecular weight excluding hydrogens is 523 g/mol. The van der Waals surface area contributed by atoms with E-state index in [1.165, 1.54) is 66.7 Å². The number of rotatable bonds is 7. The van der Waals surface area contributed by atoms with Crippen LogP contribution in [0.1, 0.15) is 27.6 Å². The second-order valence-corrected chi connectivity index (χ2v) is 8.39. The molecule has 0 aromatic heterocycles. The van der Waals surface area contributed by atoms with Crippen LogP contribution in [-0.2, 0) is 14.3 Å². The highest BCUT2D eigenvalue weighted by atomic mass is 35.5. The molecular formula is C26H18Cl2N2O7. The van der Waals surface area contributed by atoms with Crippen molar-refractivity contribution in [3.8, 4) is 11.5 Å². The maximum atomic E-state index is 13.0. The van der Waals surface area contributed by atoms with Gasteiger partial charge >= 0.3 is 11.9 Å². The Balaban J connectivity index is 1.45. The number of imide groups is 1. The fraction of sp³-hybridized carbons (Fsp3) is 0.0769. The third kappa shape index (κ3) is 5.42. The summed E-state index contributed by atoms with van der Waals surface area (Å²) in [5.74, 6) is -2.75. The molecule has 0 saturated carbocycles. The standard InChI is InChI=1S/C26H18Cl2N2O7/c1-2-36-25(34)14-5-9-17(10-6-14)30-23(32)21(28)22(24(30)33)29-16-7-3-15(4-8-16)26(35)37-18-11-12-19(27)20(31)13-18/h3-13,29,31H,2H2,1H3. The van der Waals surface area contributed by atoms with E-state index in [0.717, 1.165) is 4.90 Å². The Hall–Kier alpha value is -4.34. The molecule has 0 spiro atoms. The van der Waals surface area contributed by atoms with Gasteiger partial charge in [-0.25, -0.2) is 14.5 Å². The summed E-state index contributed by atoms with van der Waals surface area (Å²) in [6.45, 7) is 1.90. The maximum absolute atomic E-state index is 13.0. The van der Waals surface area contributed by atoms with Crippen LogP contribution in [0.25, 0.3) is 0 Å². The molecule has 2 amide bonds. The van der Waals surface area contributed by atoms with Gasteiger partial charge in [0.05, 0.1) is 28.4 Å². The molecule has 1 aliphatic rings. The Morgan fingerprint density at radius 2 is 1.51 bits per heavy atom. The molecule has 37 heavy (non-hydrogen) atoms. The highest BCUT2D eigenvalue weighted by Gasteiger charge is 2.39. The van der Waals surface area contributed by atoms with Crippen molar-refractivity contribution >= 4 is 58.3 Å². The summed E-state index contributed by atoms with van der Waals surface area (Å²) in [4.78, 5) is 50.8. The van der Waals surface area contributed by atoms with Gasteiger partial charge in [0.25, 0.3) is 11.8 Å². The zero-order valence-corrected chi connectivity index (χ0v) is 20.7. The van der Waals surface area contributed by atoms with Gasteiger partial charge < -0.3 is 19.9 Å². The van der Waals surface area contributed by atoms with E-state index >= 15 is 0 Å². The third-order valence-corrected chi connectivity index (χ3v) is 5.85. The minimum Gasteiger partial charge on any atom is -0.506 e. The van der Waals surface area contributed by atoms with Gasteiger partial charge in [0, 0.05) is 11.8 Å². The molecule has 11 heteroatoms. The van der Waals surface area contributed by atoms with Crippen molar-refractivity contribution in [2.75, 3.05) is 16.8 Å². The van der Waals surface area contributed by atoms with Gasteiger partial charge in [-0.1, -0.05) is 23.2 Å². The summed E-state index contributed by atoms with van der Waals surface area (Å²) in [5, 5.41) is 12.3. The van der Waals surface area contributed by atoms with Gasteiger partial charge in [0.2, 0.25) is 0 Å². The highest BCUT2D eigenvalue weighted by molar-refractivity contribution is 6.53. The number of anilines is 2. The topological polar surface area (TPSA) is 122 Å². The third-order valence-electron chi connectivity index (χ3n) is 5.18. The van der Waals surface area contributed by atoms with E-state index < -0.39 is 23.8 Å². The van der Waals surface area contributed by atoms with Crippen molar-refractivity contribution in [2.45, 2.75) is 6.92 Å². The Morgan fingerprint density at radius 1 is 0.892 bits per heavy atom. The van der Waals surface area contributed by atoms with Crippen LogP contribution in [0.3, 0.4) is 0 Å². The quantitative estimate of drug-likeness (QED) is 0.247. The summed E-state index contributed by atoms with van der Waals surface area (Å²) in [5.41, 5.74) is 0.928. The molecule has 1 aliphatic heterocycles. The fourth-order valence-electron chi connectivity index (χ4n) is 3.36. The van der Waals surface area contributed by atoms with E-state index in [0.29, 0.717) is 5.69 Å². The molecule has 2 N–H and O–H groups in total. The van der Waals surface area contributed by atoms with Gasteiger partial charge in [-0.3, -0.25) is 9.59 Å². The second-order valence-electron chi connectivity index (χ2n) is 7.61. The van der Waals surface area contributed by atoms with Crippen LogP contribution in [0.2, 0.25) is 5.02 Å². The predicted molar refractivity (Wildman–Crippen MR) is 136 cm³/mol. The lowest BCUT2D eigenvalue weighted by atomic mass is 10.2. The minimum absolute atomic E-state index is 0.108. The van der Waals surface area contributed by atoms with E-state index in [4.69, 9.17) is 32.7 Å². The van der Waals surface area contributed by atoms with E-state index in [1.807, 2.05) is 0 Å². The Bertz CT molecular complexity index is 1430. The number of phenolic OH excluding ortho intramolecular Hbond substituents is 1. The van der Waals surface area contributed by atoms with E-state index in [-0.39, 0.29) is 50.7 Å². The number of nitrogens with zero attached hydrogens (tertiary/aromatic N) is 1. The lowest BCUT2D eigenvalue weighted by molar-refractivity contribution is -0.120. The van der Waals surface area contributed by atoms with Gasteiger partial charge in [0.1, 0.15) is 22.2 Å². The van der Waals surface area contributed by atoms with Crippen LogP contribution in [-0.4, -0.2) is 35.5 Å². The first kappa shape index (κ1) is 25.7. The minimum atomic E-state index is -0.732.